The Morgan fingerprint density at radius 1 is 1.47 bits per heavy atom. The Morgan fingerprint density at radius 2 is 2.16 bits per heavy atom. The second-order valence-electron chi connectivity index (χ2n) is 4.83. The SMILES string of the molecule is COCCC(C)Nc1ccc(C(=O)N(C)C)cc1N. The number of hydrogen-bond acceptors (Lipinski definition) is 4. The van der Waals surface area contributed by atoms with Crippen LogP contribution in [-0.4, -0.2) is 44.7 Å². The minimum Gasteiger partial charge on any atom is -0.397 e. The number of rotatable bonds is 6. The molecule has 3 N–H and O–H groups in total. The maximum atomic E-state index is 11.8. The van der Waals surface area contributed by atoms with Crippen molar-refractivity contribution >= 4 is 17.3 Å². The molecular formula is C14H23N3O2. The van der Waals surface area contributed by atoms with Crippen molar-refractivity contribution in [1.29, 1.82) is 0 Å². The molecule has 1 aromatic carbocycles. The molecule has 0 radical (unpaired) electrons. The molecule has 0 aliphatic rings. The van der Waals surface area contributed by atoms with E-state index >= 15 is 0 Å². The number of methoxy groups -OCH3 is 1. The van der Waals surface area contributed by atoms with E-state index in [0.29, 0.717) is 17.9 Å². The van der Waals surface area contributed by atoms with Crippen LogP contribution in [0.3, 0.4) is 0 Å². The maximum Gasteiger partial charge on any atom is 0.253 e. The number of nitrogens with one attached hydrogen (secondary N) is 1. The summed E-state index contributed by atoms with van der Waals surface area (Å²) in [6, 6.07) is 5.59. The van der Waals surface area contributed by atoms with Gasteiger partial charge in [0, 0.05) is 39.4 Å². The molecule has 1 rings (SSSR count). The fourth-order valence-electron chi connectivity index (χ4n) is 1.72. The summed E-state index contributed by atoms with van der Waals surface area (Å²) in [4.78, 5) is 13.3. The van der Waals surface area contributed by atoms with Crippen LogP contribution in [-0.2, 0) is 4.74 Å². The summed E-state index contributed by atoms with van der Waals surface area (Å²) in [5, 5.41) is 3.31. The average Bonchev–Trinajstić information content (AvgIpc) is 2.37. The summed E-state index contributed by atoms with van der Waals surface area (Å²) in [5.41, 5.74) is 7.99. The van der Waals surface area contributed by atoms with Crippen molar-refractivity contribution < 1.29 is 9.53 Å². The van der Waals surface area contributed by atoms with E-state index in [9.17, 15) is 4.79 Å². The number of carbonyl (C=O) groups is 1. The quantitative estimate of drug-likeness (QED) is 0.770. The summed E-state index contributed by atoms with van der Waals surface area (Å²) in [5.74, 6) is -0.0503. The zero-order valence-electron chi connectivity index (χ0n) is 12.1. The maximum absolute atomic E-state index is 11.8. The van der Waals surface area contributed by atoms with Gasteiger partial charge in [-0.05, 0) is 31.5 Å². The Bertz CT molecular complexity index is 433. The van der Waals surface area contributed by atoms with Gasteiger partial charge in [-0.1, -0.05) is 0 Å². The molecule has 5 heteroatoms. The van der Waals surface area contributed by atoms with Crippen LogP contribution < -0.4 is 11.1 Å². The minimum absolute atomic E-state index is 0.0503. The number of nitrogens with zero attached hydrogens (tertiary/aromatic N) is 1. The van der Waals surface area contributed by atoms with Crippen LogP contribution in [0.15, 0.2) is 18.2 Å². The predicted octanol–water partition coefficient (Wildman–Crippen LogP) is 1.81. The van der Waals surface area contributed by atoms with Crippen LogP contribution in [0.5, 0.6) is 0 Å². The molecule has 0 aromatic heterocycles. The summed E-state index contributed by atoms with van der Waals surface area (Å²) in [6.07, 6.45) is 0.897. The van der Waals surface area contributed by atoms with Gasteiger partial charge in [0.1, 0.15) is 0 Å². The molecule has 1 amide bonds. The van der Waals surface area contributed by atoms with E-state index in [1.165, 1.54) is 4.90 Å². The lowest BCUT2D eigenvalue weighted by Crippen LogP contribution is -2.22. The van der Waals surface area contributed by atoms with Gasteiger partial charge in [0.15, 0.2) is 0 Å². The monoisotopic (exact) mass is 265 g/mol. The number of benzene rings is 1. The lowest BCUT2D eigenvalue weighted by atomic mass is 10.1. The lowest BCUT2D eigenvalue weighted by Gasteiger charge is -2.17. The molecule has 5 nitrogen and oxygen atoms in total. The minimum atomic E-state index is -0.0503. The largest absolute Gasteiger partial charge is 0.397 e. The molecular weight excluding hydrogens is 242 g/mol. The molecule has 0 aliphatic carbocycles. The van der Waals surface area contributed by atoms with E-state index in [-0.39, 0.29) is 11.9 Å². The summed E-state index contributed by atoms with van der Waals surface area (Å²) in [6.45, 7) is 2.77. The van der Waals surface area contributed by atoms with Crippen LogP contribution in [0.4, 0.5) is 11.4 Å². The Labute approximate surface area is 114 Å². The van der Waals surface area contributed by atoms with Gasteiger partial charge in [0.05, 0.1) is 11.4 Å². The fraction of sp³-hybridized carbons (Fsp3) is 0.500. The van der Waals surface area contributed by atoms with Gasteiger partial charge in [-0.25, -0.2) is 0 Å². The van der Waals surface area contributed by atoms with Crippen molar-refractivity contribution in [3.8, 4) is 0 Å². The van der Waals surface area contributed by atoms with Gasteiger partial charge in [-0.2, -0.15) is 0 Å². The van der Waals surface area contributed by atoms with Crippen molar-refractivity contribution in [3.05, 3.63) is 23.8 Å². The second kappa shape index (κ2) is 6.99. The Morgan fingerprint density at radius 3 is 2.68 bits per heavy atom. The molecule has 0 spiro atoms. The smallest absolute Gasteiger partial charge is 0.253 e. The molecule has 0 saturated carbocycles. The number of hydrogen-bond donors (Lipinski definition) is 2. The first-order valence-corrected chi connectivity index (χ1v) is 6.32. The van der Waals surface area contributed by atoms with Gasteiger partial charge in [-0.15, -0.1) is 0 Å². The zero-order valence-corrected chi connectivity index (χ0v) is 12.1. The molecule has 0 bridgehead atoms. The number of nitrogen functional groups attached to an aromatic ring is 1. The van der Waals surface area contributed by atoms with Crippen molar-refractivity contribution in [3.63, 3.8) is 0 Å². The highest BCUT2D eigenvalue weighted by atomic mass is 16.5. The molecule has 19 heavy (non-hydrogen) atoms. The van der Waals surface area contributed by atoms with E-state index in [0.717, 1.165) is 12.1 Å². The molecule has 0 saturated heterocycles. The predicted molar refractivity (Wildman–Crippen MR) is 78.4 cm³/mol. The lowest BCUT2D eigenvalue weighted by molar-refractivity contribution is 0.0827. The van der Waals surface area contributed by atoms with Crippen molar-refractivity contribution in [1.82, 2.24) is 4.90 Å². The van der Waals surface area contributed by atoms with Crippen LogP contribution in [0.2, 0.25) is 0 Å². The van der Waals surface area contributed by atoms with Gasteiger partial charge in [0.25, 0.3) is 5.91 Å². The first-order chi connectivity index (χ1) is 8.95. The standard InChI is InChI=1S/C14H23N3O2/c1-10(7-8-19-4)16-13-6-5-11(9-12(13)15)14(18)17(2)3/h5-6,9-10,16H,7-8,15H2,1-4H3. The van der Waals surface area contributed by atoms with E-state index in [4.69, 9.17) is 10.5 Å². The highest BCUT2D eigenvalue weighted by molar-refractivity contribution is 5.95. The Hall–Kier alpha value is -1.75. The molecule has 1 atom stereocenters. The third-order valence-electron chi connectivity index (χ3n) is 2.86. The number of nitrogens with two attached hydrogens (primary N) is 1. The highest BCUT2D eigenvalue weighted by Crippen LogP contribution is 2.21. The van der Waals surface area contributed by atoms with Crippen LogP contribution >= 0.6 is 0 Å². The molecule has 1 aromatic rings. The van der Waals surface area contributed by atoms with Gasteiger partial charge in [-0.3, -0.25) is 4.79 Å². The van der Waals surface area contributed by atoms with E-state index in [1.807, 2.05) is 6.07 Å². The highest BCUT2D eigenvalue weighted by Gasteiger charge is 2.11. The summed E-state index contributed by atoms with van der Waals surface area (Å²) >= 11 is 0. The Balaban J connectivity index is 2.75. The van der Waals surface area contributed by atoms with E-state index < -0.39 is 0 Å². The van der Waals surface area contributed by atoms with Gasteiger partial charge < -0.3 is 20.7 Å². The Kier molecular flexibility index (Phi) is 5.63. The third kappa shape index (κ3) is 4.44. The van der Waals surface area contributed by atoms with Gasteiger partial charge in [0.2, 0.25) is 0 Å². The second-order valence-corrected chi connectivity index (χ2v) is 4.83. The van der Waals surface area contributed by atoms with E-state index in [2.05, 4.69) is 12.2 Å². The van der Waals surface area contributed by atoms with Crippen molar-refractivity contribution in [2.24, 2.45) is 0 Å². The molecule has 0 heterocycles. The number of carbonyl (C=O) groups excluding carboxylic acids is 1. The third-order valence-corrected chi connectivity index (χ3v) is 2.86. The van der Waals surface area contributed by atoms with Crippen molar-refractivity contribution in [2.75, 3.05) is 38.9 Å². The van der Waals surface area contributed by atoms with Crippen LogP contribution in [0.1, 0.15) is 23.7 Å². The topological polar surface area (TPSA) is 67.6 Å². The molecule has 1 unspecified atom stereocenters. The first-order valence-electron chi connectivity index (χ1n) is 6.32. The average molecular weight is 265 g/mol. The van der Waals surface area contributed by atoms with Crippen LogP contribution in [0.25, 0.3) is 0 Å². The number of anilines is 2. The summed E-state index contributed by atoms with van der Waals surface area (Å²) in [7, 11) is 5.12. The summed E-state index contributed by atoms with van der Waals surface area (Å²) < 4.78 is 5.04. The van der Waals surface area contributed by atoms with Gasteiger partial charge >= 0.3 is 0 Å². The van der Waals surface area contributed by atoms with Crippen LogP contribution in [0, 0.1) is 0 Å². The molecule has 0 fully saturated rings. The van der Waals surface area contributed by atoms with Crippen molar-refractivity contribution in [2.45, 2.75) is 19.4 Å². The normalized spacial score (nSPS) is 12.0. The number of amides is 1. The number of ether oxygens (including phenoxy) is 1. The molecule has 106 valence electrons. The fourth-order valence-corrected chi connectivity index (χ4v) is 1.72. The molecule has 0 aliphatic heterocycles. The first kappa shape index (κ1) is 15.3. The van der Waals surface area contributed by atoms with E-state index in [1.54, 1.807) is 33.3 Å². The zero-order chi connectivity index (χ0) is 14.4.